The lowest BCUT2D eigenvalue weighted by Gasteiger charge is -2.26. The number of amides is 1. The molecule has 0 N–H and O–H groups in total. The molecule has 15 heavy (non-hydrogen) atoms. The van der Waals surface area contributed by atoms with Crippen LogP contribution in [0.3, 0.4) is 0 Å². The van der Waals surface area contributed by atoms with Crippen LogP contribution in [0.25, 0.3) is 0 Å². The Morgan fingerprint density at radius 3 is 2.67 bits per heavy atom. The second kappa shape index (κ2) is 3.23. The molecule has 6 heteroatoms. The van der Waals surface area contributed by atoms with Crippen LogP contribution < -0.4 is 4.31 Å². The number of fused-ring (bicyclic) bond motifs is 1. The van der Waals surface area contributed by atoms with Gasteiger partial charge in [0.2, 0.25) is 10.0 Å². The van der Waals surface area contributed by atoms with Crippen LogP contribution >= 0.6 is 0 Å². The molecule has 0 saturated carbocycles. The molecule has 0 atom stereocenters. The molecule has 80 valence electrons. The van der Waals surface area contributed by atoms with Crippen LogP contribution in [0.2, 0.25) is 0 Å². The monoisotopic (exact) mass is 227 g/mol. The Hall–Kier alpha value is -1.56. The van der Waals surface area contributed by atoms with Crippen LogP contribution in [-0.2, 0) is 21.4 Å². The third-order valence-corrected chi connectivity index (χ3v) is 3.07. The van der Waals surface area contributed by atoms with Crippen molar-refractivity contribution < 1.29 is 17.9 Å². The molecule has 0 radical (unpaired) electrons. The molecule has 1 aromatic rings. The Kier molecular flexibility index (Phi) is 2.15. The molecule has 1 heterocycles. The number of nitrogens with zero attached hydrogens (tertiary/aromatic N) is 1. The van der Waals surface area contributed by atoms with Gasteiger partial charge in [-0.25, -0.2) is 13.2 Å². The third-order valence-electron chi connectivity index (χ3n) is 2.06. The summed E-state index contributed by atoms with van der Waals surface area (Å²) in [6.45, 7) is 0.112. The first kappa shape index (κ1) is 9.97. The average Bonchev–Trinajstić information content (AvgIpc) is 2.15. The largest absolute Gasteiger partial charge is 0.443 e. The first-order valence-corrected chi connectivity index (χ1v) is 6.10. The van der Waals surface area contributed by atoms with Crippen LogP contribution in [-0.4, -0.2) is 20.8 Å². The molecule has 0 unspecified atom stereocenters. The lowest BCUT2D eigenvalue weighted by Crippen LogP contribution is -2.39. The minimum absolute atomic E-state index is 0.112. The molecule has 1 amide bonds. The molecule has 1 aliphatic heterocycles. The van der Waals surface area contributed by atoms with E-state index in [0.717, 1.165) is 6.26 Å². The second-order valence-corrected chi connectivity index (χ2v) is 5.04. The zero-order valence-electron chi connectivity index (χ0n) is 8.00. The number of cyclic esters (lactones) is 1. The summed E-state index contributed by atoms with van der Waals surface area (Å²) in [6, 6.07) is 6.74. The number of carbonyl (C=O) groups is 1. The minimum Gasteiger partial charge on any atom is -0.443 e. The molecule has 2 rings (SSSR count). The van der Waals surface area contributed by atoms with Crippen molar-refractivity contribution in [2.24, 2.45) is 0 Å². The first-order valence-electron chi connectivity index (χ1n) is 4.25. The van der Waals surface area contributed by atoms with Crippen molar-refractivity contribution in [2.45, 2.75) is 6.61 Å². The van der Waals surface area contributed by atoms with E-state index in [1.54, 1.807) is 24.3 Å². The lowest BCUT2D eigenvalue weighted by molar-refractivity contribution is 0.147. The summed E-state index contributed by atoms with van der Waals surface area (Å²) in [7, 11) is -3.63. The van der Waals surface area contributed by atoms with E-state index in [1.165, 1.54) is 0 Å². The molecular weight excluding hydrogens is 218 g/mol. The van der Waals surface area contributed by atoms with Crippen molar-refractivity contribution in [1.82, 2.24) is 0 Å². The lowest BCUT2D eigenvalue weighted by atomic mass is 10.2. The van der Waals surface area contributed by atoms with Gasteiger partial charge in [-0.3, -0.25) is 0 Å². The van der Waals surface area contributed by atoms with Gasteiger partial charge in [0.15, 0.2) is 0 Å². The van der Waals surface area contributed by atoms with E-state index in [4.69, 9.17) is 4.74 Å². The highest BCUT2D eigenvalue weighted by atomic mass is 32.2. The van der Waals surface area contributed by atoms with Crippen molar-refractivity contribution >= 4 is 21.8 Å². The number of anilines is 1. The number of ether oxygens (including phenoxy) is 1. The summed E-state index contributed by atoms with van der Waals surface area (Å²) < 4.78 is 28.2. The van der Waals surface area contributed by atoms with Crippen molar-refractivity contribution in [1.29, 1.82) is 0 Å². The van der Waals surface area contributed by atoms with Gasteiger partial charge < -0.3 is 4.74 Å². The summed E-state index contributed by atoms with van der Waals surface area (Å²) in [5, 5.41) is 0. The van der Waals surface area contributed by atoms with E-state index < -0.39 is 16.1 Å². The highest BCUT2D eigenvalue weighted by molar-refractivity contribution is 7.92. The molecule has 1 aliphatic rings. The maximum atomic E-state index is 11.4. The van der Waals surface area contributed by atoms with Crippen molar-refractivity contribution in [2.75, 3.05) is 10.6 Å². The van der Waals surface area contributed by atoms with Crippen LogP contribution in [0.15, 0.2) is 24.3 Å². The van der Waals surface area contributed by atoms with Crippen molar-refractivity contribution in [3.8, 4) is 0 Å². The molecule has 0 aromatic heterocycles. The van der Waals surface area contributed by atoms with E-state index >= 15 is 0 Å². The molecule has 0 aliphatic carbocycles. The van der Waals surface area contributed by atoms with E-state index in [2.05, 4.69) is 0 Å². The standard InChI is InChI=1S/C9H9NO4S/c1-15(12,13)10-8-5-3-2-4-7(8)6-14-9(10)11/h2-5H,6H2,1H3. The number of sulfonamides is 1. The summed E-state index contributed by atoms with van der Waals surface area (Å²) in [6.07, 6.45) is 0.118. The van der Waals surface area contributed by atoms with Gasteiger partial charge >= 0.3 is 6.09 Å². The minimum atomic E-state index is -3.63. The molecule has 0 bridgehead atoms. The fraction of sp³-hybridized carbons (Fsp3) is 0.222. The normalized spacial score (nSPS) is 15.8. The Labute approximate surface area is 87.3 Å². The van der Waals surface area contributed by atoms with Crippen molar-refractivity contribution in [3.63, 3.8) is 0 Å². The van der Waals surface area contributed by atoms with Gasteiger partial charge in [-0.15, -0.1) is 0 Å². The summed E-state index contributed by atoms with van der Waals surface area (Å²) in [5.41, 5.74) is 1.05. The van der Waals surface area contributed by atoms with Gasteiger partial charge in [-0.05, 0) is 6.07 Å². The smallest absolute Gasteiger partial charge is 0.428 e. The molecule has 5 nitrogen and oxygen atoms in total. The van der Waals surface area contributed by atoms with Crippen molar-refractivity contribution in [3.05, 3.63) is 29.8 Å². The Balaban J connectivity index is 2.61. The summed E-state index contributed by atoms with van der Waals surface area (Å²) in [5.74, 6) is 0. The third kappa shape index (κ3) is 1.68. The van der Waals surface area contributed by atoms with E-state index in [0.29, 0.717) is 15.6 Å². The van der Waals surface area contributed by atoms with Gasteiger partial charge in [0.05, 0.1) is 11.9 Å². The summed E-state index contributed by atoms with van der Waals surface area (Å²) >= 11 is 0. The number of carbonyl (C=O) groups excluding carboxylic acids is 1. The Morgan fingerprint density at radius 2 is 2.00 bits per heavy atom. The maximum Gasteiger partial charge on any atom is 0.428 e. The van der Waals surface area contributed by atoms with Gasteiger partial charge in [-0.1, -0.05) is 18.2 Å². The first-order chi connectivity index (χ1) is 7.00. The average molecular weight is 227 g/mol. The molecule has 0 saturated heterocycles. The number of para-hydroxylation sites is 1. The van der Waals surface area contributed by atoms with E-state index in [9.17, 15) is 13.2 Å². The summed E-state index contributed by atoms with van der Waals surface area (Å²) in [4.78, 5) is 11.3. The van der Waals surface area contributed by atoms with Crippen LogP contribution in [0, 0.1) is 0 Å². The maximum absolute atomic E-state index is 11.4. The molecule has 0 spiro atoms. The zero-order valence-corrected chi connectivity index (χ0v) is 8.82. The fourth-order valence-electron chi connectivity index (χ4n) is 1.44. The van der Waals surface area contributed by atoms with Gasteiger partial charge in [-0.2, -0.15) is 4.31 Å². The van der Waals surface area contributed by atoms with Gasteiger partial charge in [0, 0.05) is 5.56 Å². The highest BCUT2D eigenvalue weighted by Gasteiger charge is 2.32. The zero-order chi connectivity index (χ0) is 11.1. The Bertz CT molecular complexity index is 509. The highest BCUT2D eigenvalue weighted by Crippen LogP contribution is 2.28. The molecular formula is C9H9NO4S. The number of benzene rings is 1. The van der Waals surface area contributed by atoms with Crippen LogP contribution in [0.4, 0.5) is 10.5 Å². The molecule has 1 aromatic carbocycles. The second-order valence-electron chi connectivity index (χ2n) is 3.21. The van der Waals surface area contributed by atoms with E-state index in [-0.39, 0.29) is 6.61 Å². The Morgan fingerprint density at radius 1 is 1.33 bits per heavy atom. The van der Waals surface area contributed by atoms with Crippen LogP contribution in [0.5, 0.6) is 0 Å². The number of hydrogen-bond donors (Lipinski definition) is 0. The predicted octanol–water partition coefficient (Wildman–Crippen LogP) is 1.10. The number of rotatable bonds is 1. The van der Waals surface area contributed by atoms with E-state index in [1.807, 2.05) is 0 Å². The van der Waals surface area contributed by atoms with Crippen LogP contribution in [0.1, 0.15) is 5.56 Å². The predicted molar refractivity (Wildman–Crippen MR) is 53.9 cm³/mol. The SMILES string of the molecule is CS(=O)(=O)N1C(=O)OCc2ccccc21. The quantitative estimate of drug-likeness (QED) is 0.720. The van der Waals surface area contributed by atoms with Gasteiger partial charge in [0.1, 0.15) is 6.61 Å². The fourth-order valence-corrected chi connectivity index (χ4v) is 2.30. The topological polar surface area (TPSA) is 63.7 Å². The molecule has 0 fully saturated rings. The van der Waals surface area contributed by atoms with Gasteiger partial charge in [0.25, 0.3) is 0 Å². The number of hydrogen-bond acceptors (Lipinski definition) is 4.